The summed E-state index contributed by atoms with van der Waals surface area (Å²) in [5.41, 5.74) is 1.77. The highest BCUT2D eigenvalue weighted by molar-refractivity contribution is 6.16. The number of halogens is 1. The first-order valence-corrected chi connectivity index (χ1v) is 5.64. The summed E-state index contributed by atoms with van der Waals surface area (Å²) < 4.78 is 5.18. The minimum Gasteiger partial charge on any atom is -0.334 e. The summed E-state index contributed by atoms with van der Waals surface area (Å²) in [5.74, 6) is 1.20. The summed E-state index contributed by atoms with van der Waals surface area (Å²) in [7, 11) is 0. The molecule has 17 heavy (non-hydrogen) atoms. The maximum atomic E-state index is 5.65. The molecule has 0 atom stereocenters. The molecule has 0 fully saturated rings. The molecule has 1 aromatic carbocycles. The molecule has 3 rings (SSSR count). The summed E-state index contributed by atoms with van der Waals surface area (Å²) in [5, 5.41) is 4.77. The van der Waals surface area contributed by atoms with Crippen LogP contribution >= 0.6 is 11.6 Å². The zero-order valence-electron chi connectivity index (χ0n) is 8.80. The van der Waals surface area contributed by atoms with Gasteiger partial charge in [0.05, 0.1) is 17.0 Å². The normalized spacial score (nSPS) is 10.9. The maximum absolute atomic E-state index is 5.65. The monoisotopic (exact) mass is 245 g/mol. The van der Waals surface area contributed by atoms with Crippen molar-refractivity contribution in [2.24, 2.45) is 0 Å². The summed E-state index contributed by atoms with van der Waals surface area (Å²) in [4.78, 5) is 8.49. The third-order valence-corrected chi connectivity index (χ3v) is 2.71. The third kappa shape index (κ3) is 1.76. The number of hydrogen-bond donors (Lipinski definition) is 0. The summed E-state index contributed by atoms with van der Waals surface area (Å²) in [6.07, 6.45) is 1.72. The molecule has 5 heteroatoms. The molecule has 0 aliphatic heterocycles. The number of benzene rings is 1. The zero-order chi connectivity index (χ0) is 11.7. The largest absolute Gasteiger partial charge is 0.334 e. The van der Waals surface area contributed by atoms with E-state index in [1.807, 2.05) is 30.3 Å². The SMILES string of the molecule is ClCc1noc(-c2ccnc3ccccc23)n1. The van der Waals surface area contributed by atoms with Crippen LogP contribution in [0.25, 0.3) is 22.4 Å². The quantitative estimate of drug-likeness (QED) is 0.651. The summed E-state index contributed by atoms with van der Waals surface area (Å²) in [6, 6.07) is 9.66. The van der Waals surface area contributed by atoms with Gasteiger partial charge < -0.3 is 4.52 Å². The van der Waals surface area contributed by atoms with Crippen LogP contribution in [-0.2, 0) is 5.88 Å². The van der Waals surface area contributed by atoms with Crippen LogP contribution in [0.5, 0.6) is 0 Å². The van der Waals surface area contributed by atoms with Crippen molar-refractivity contribution in [2.75, 3.05) is 0 Å². The van der Waals surface area contributed by atoms with Gasteiger partial charge in [-0.3, -0.25) is 4.98 Å². The van der Waals surface area contributed by atoms with Crippen molar-refractivity contribution in [2.45, 2.75) is 5.88 Å². The van der Waals surface area contributed by atoms with Crippen molar-refractivity contribution in [1.82, 2.24) is 15.1 Å². The van der Waals surface area contributed by atoms with Crippen LogP contribution in [0, 0.1) is 0 Å². The Kier molecular flexibility index (Phi) is 2.49. The molecule has 0 aliphatic rings. The Balaban J connectivity index is 2.23. The van der Waals surface area contributed by atoms with E-state index in [1.54, 1.807) is 6.20 Å². The highest BCUT2D eigenvalue weighted by Crippen LogP contribution is 2.25. The minimum absolute atomic E-state index is 0.243. The van der Waals surface area contributed by atoms with E-state index in [1.165, 1.54) is 0 Å². The Morgan fingerprint density at radius 2 is 2.06 bits per heavy atom. The van der Waals surface area contributed by atoms with E-state index < -0.39 is 0 Å². The van der Waals surface area contributed by atoms with E-state index in [0.29, 0.717) is 11.7 Å². The van der Waals surface area contributed by atoms with Gasteiger partial charge in [0.2, 0.25) is 0 Å². The molecule has 0 unspecified atom stereocenters. The highest BCUT2D eigenvalue weighted by atomic mass is 35.5. The predicted molar refractivity (Wildman–Crippen MR) is 64.6 cm³/mol. The zero-order valence-corrected chi connectivity index (χ0v) is 9.55. The molecule has 0 saturated heterocycles. The maximum Gasteiger partial charge on any atom is 0.258 e. The molecule has 3 aromatic rings. The Morgan fingerprint density at radius 3 is 2.88 bits per heavy atom. The smallest absolute Gasteiger partial charge is 0.258 e. The second-order valence-corrected chi connectivity index (χ2v) is 3.79. The number of rotatable bonds is 2. The van der Waals surface area contributed by atoms with Crippen molar-refractivity contribution < 1.29 is 4.52 Å². The number of nitrogens with zero attached hydrogens (tertiary/aromatic N) is 3. The molecular weight excluding hydrogens is 238 g/mol. The van der Waals surface area contributed by atoms with Gasteiger partial charge in [-0.25, -0.2) is 0 Å². The molecular formula is C12H8ClN3O. The molecule has 0 radical (unpaired) electrons. The van der Waals surface area contributed by atoms with E-state index in [-0.39, 0.29) is 5.88 Å². The lowest BCUT2D eigenvalue weighted by Gasteiger charge is -2.00. The molecule has 84 valence electrons. The number of fused-ring (bicyclic) bond motifs is 1. The van der Waals surface area contributed by atoms with Gasteiger partial charge in [0, 0.05) is 11.6 Å². The van der Waals surface area contributed by atoms with Gasteiger partial charge in [0.25, 0.3) is 5.89 Å². The molecule has 0 spiro atoms. The van der Waals surface area contributed by atoms with Gasteiger partial charge in [-0.15, -0.1) is 11.6 Å². The third-order valence-electron chi connectivity index (χ3n) is 2.47. The molecule has 4 nitrogen and oxygen atoms in total. The predicted octanol–water partition coefficient (Wildman–Crippen LogP) is 3.02. The van der Waals surface area contributed by atoms with Crippen LogP contribution in [0.4, 0.5) is 0 Å². The van der Waals surface area contributed by atoms with Gasteiger partial charge in [-0.05, 0) is 12.1 Å². The van der Waals surface area contributed by atoms with Crippen molar-refractivity contribution in [3.05, 3.63) is 42.4 Å². The molecule has 0 bridgehead atoms. The average molecular weight is 246 g/mol. The van der Waals surface area contributed by atoms with Crippen LogP contribution in [0.2, 0.25) is 0 Å². The first-order valence-electron chi connectivity index (χ1n) is 5.11. The number of alkyl halides is 1. The lowest BCUT2D eigenvalue weighted by Crippen LogP contribution is -1.85. The number of hydrogen-bond acceptors (Lipinski definition) is 4. The Morgan fingerprint density at radius 1 is 1.18 bits per heavy atom. The second kappa shape index (κ2) is 4.14. The van der Waals surface area contributed by atoms with Gasteiger partial charge in [0.1, 0.15) is 0 Å². The van der Waals surface area contributed by atoms with Crippen molar-refractivity contribution in [1.29, 1.82) is 0 Å². The molecule has 0 amide bonds. The highest BCUT2D eigenvalue weighted by Gasteiger charge is 2.11. The average Bonchev–Trinajstić information content (AvgIpc) is 2.87. The van der Waals surface area contributed by atoms with Crippen LogP contribution in [-0.4, -0.2) is 15.1 Å². The Bertz CT molecular complexity index is 660. The van der Waals surface area contributed by atoms with Crippen molar-refractivity contribution >= 4 is 22.5 Å². The van der Waals surface area contributed by atoms with Crippen LogP contribution < -0.4 is 0 Å². The van der Waals surface area contributed by atoms with Gasteiger partial charge in [-0.2, -0.15) is 4.98 Å². The molecule has 0 aliphatic carbocycles. The first kappa shape index (κ1) is 10.2. The molecule has 0 saturated carbocycles. The van der Waals surface area contributed by atoms with Gasteiger partial charge in [-0.1, -0.05) is 23.4 Å². The summed E-state index contributed by atoms with van der Waals surface area (Å²) >= 11 is 5.65. The van der Waals surface area contributed by atoms with Gasteiger partial charge >= 0.3 is 0 Å². The van der Waals surface area contributed by atoms with E-state index in [0.717, 1.165) is 16.5 Å². The van der Waals surface area contributed by atoms with Crippen molar-refractivity contribution in [3.63, 3.8) is 0 Å². The van der Waals surface area contributed by atoms with E-state index in [4.69, 9.17) is 16.1 Å². The van der Waals surface area contributed by atoms with E-state index in [2.05, 4.69) is 15.1 Å². The fourth-order valence-corrected chi connectivity index (χ4v) is 1.81. The standard InChI is InChI=1S/C12H8ClN3O/c13-7-11-15-12(17-16-11)9-5-6-14-10-4-2-1-3-8(9)10/h1-6H,7H2. The van der Waals surface area contributed by atoms with Gasteiger partial charge in [0.15, 0.2) is 5.82 Å². The van der Waals surface area contributed by atoms with E-state index in [9.17, 15) is 0 Å². The topological polar surface area (TPSA) is 51.8 Å². The Labute approximate surface area is 102 Å². The molecule has 0 N–H and O–H groups in total. The fraction of sp³-hybridized carbons (Fsp3) is 0.0833. The lowest BCUT2D eigenvalue weighted by atomic mass is 10.1. The van der Waals surface area contributed by atoms with Crippen LogP contribution in [0.15, 0.2) is 41.1 Å². The molecule has 2 aromatic heterocycles. The molecule has 2 heterocycles. The van der Waals surface area contributed by atoms with Crippen LogP contribution in [0.3, 0.4) is 0 Å². The Hall–Kier alpha value is -1.94. The first-order chi connectivity index (χ1) is 8.38. The second-order valence-electron chi connectivity index (χ2n) is 3.53. The lowest BCUT2D eigenvalue weighted by molar-refractivity contribution is 0.425. The van der Waals surface area contributed by atoms with Crippen LogP contribution in [0.1, 0.15) is 5.82 Å². The van der Waals surface area contributed by atoms with Crippen molar-refractivity contribution in [3.8, 4) is 11.5 Å². The number of aromatic nitrogens is 3. The van der Waals surface area contributed by atoms with E-state index >= 15 is 0 Å². The number of pyridine rings is 1. The summed E-state index contributed by atoms with van der Waals surface area (Å²) in [6.45, 7) is 0. The minimum atomic E-state index is 0.243. The number of para-hydroxylation sites is 1. The fourth-order valence-electron chi connectivity index (χ4n) is 1.70.